The highest BCUT2D eigenvalue weighted by atomic mass is 32.1. The minimum absolute atomic E-state index is 0.0460. The van der Waals surface area contributed by atoms with E-state index in [1.807, 2.05) is 11.4 Å². The molecule has 2 N–H and O–H groups in total. The molecule has 0 aromatic carbocycles. The van der Waals surface area contributed by atoms with Crippen LogP contribution in [0, 0.1) is 17.8 Å². The molecule has 1 unspecified atom stereocenters. The summed E-state index contributed by atoms with van der Waals surface area (Å²) in [6.45, 7) is 6.40. The van der Waals surface area contributed by atoms with Crippen LogP contribution in [0.15, 0.2) is 11.4 Å². The van der Waals surface area contributed by atoms with Gasteiger partial charge in [-0.1, -0.05) is 38.5 Å². The van der Waals surface area contributed by atoms with Crippen molar-refractivity contribution in [2.45, 2.75) is 46.1 Å². The third-order valence-electron chi connectivity index (χ3n) is 3.45. The van der Waals surface area contributed by atoms with Crippen molar-refractivity contribution < 1.29 is 9.90 Å². The molecule has 0 saturated heterocycles. The molecule has 0 fully saturated rings. The Morgan fingerprint density at radius 3 is 2.75 bits per heavy atom. The molecule has 0 radical (unpaired) electrons. The van der Waals surface area contributed by atoms with Crippen molar-refractivity contribution in [3.8, 4) is 11.8 Å². The standard InChI is InChI=1S/C16H23NO2S/c1-4-13(5-2)12(3)17-16(19)15-14(9-11-20-15)8-6-7-10-18/h9,11-13,18H,4-5,7,10H2,1-3H3,(H,17,19). The highest BCUT2D eigenvalue weighted by molar-refractivity contribution is 7.12. The van der Waals surface area contributed by atoms with E-state index in [-0.39, 0.29) is 18.6 Å². The van der Waals surface area contributed by atoms with Crippen LogP contribution in [0.3, 0.4) is 0 Å². The molecule has 1 aromatic heterocycles. The number of thiophene rings is 1. The van der Waals surface area contributed by atoms with Gasteiger partial charge >= 0.3 is 0 Å². The number of aliphatic hydroxyl groups is 1. The number of carbonyl (C=O) groups excluding carboxylic acids is 1. The number of carbonyl (C=O) groups is 1. The Bertz CT molecular complexity index is 480. The molecule has 1 rings (SSSR count). The molecule has 0 bridgehead atoms. The summed E-state index contributed by atoms with van der Waals surface area (Å²) >= 11 is 1.41. The van der Waals surface area contributed by atoms with Crippen molar-refractivity contribution in [2.75, 3.05) is 6.61 Å². The van der Waals surface area contributed by atoms with Crippen molar-refractivity contribution in [2.24, 2.45) is 5.92 Å². The van der Waals surface area contributed by atoms with E-state index in [4.69, 9.17) is 5.11 Å². The smallest absolute Gasteiger partial charge is 0.262 e. The second-order valence-corrected chi connectivity index (χ2v) is 5.69. The summed E-state index contributed by atoms with van der Waals surface area (Å²) in [6.07, 6.45) is 2.55. The first kappa shape index (κ1) is 16.7. The Kier molecular flexibility index (Phi) is 7.35. The Morgan fingerprint density at radius 2 is 2.15 bits per heavy atom. The van der Waals surface area contributed by atoms with Crippen LogP contribution < -0.4 is 5.32 Å². The minimum Gasteiger partial charge on any atom is -0.395 e. The topological polar surface area (TPSA) is 49.3 Å². The fourth-order valence-electron chi connectivity index (χ4n) is 2.18. The van der Waals surface area contributed by atoms with Gasteiger partial charge in [0.05, 0.1) is 6.61 Å². The van der Waals surface area contributed by atoms with Gasteiger partial charge in [-0.25, -0.2) is 0 Å². The number of rotatable bonds is 6. The van der Waals surface area contributed by atoms with Gasteiger partial charge in [-0.2, -0.15) is 0 Å². The highest BCUT2D eigenvalue weighted by Crippen LogP contribution is 2.18. The average Bonchev–Trinajstić information content (AvgIpc) is 2.89. The van der Waals surface area contributed by atoms with Crippen molar-refractivity contribution in [1.82, 2.24) is 5.32 Å². The molecule has 1 amide bonds. The largest absolute Gasteiger partial charge is 0.395 e. The maximum atomic E-state index is 12.3. The number of hydrogen-bond acceptors (Lipinski definition) is 3. The number of nitrogens with one attached hydrogen (secondary N) is 1. The van der Waals surface area contributed by atoms with Gasteiger partial charge in [0.15, 0.2) is 0 Å². The van der Waals surface area contributed by atoms with Gasteiger partial charge in [0.1, 0.15) is 4.88 Å². The predicted octanol–water partition coefficient (Wildman–Crippen LogP) is 3.04. The van der Waals surface area contributed by atoms with Crippen molar-refractivity contribution in [3.63, 3.8) is 0 Å². The van der Waals surface area contributed by atoms with Gasteiger partial charge in [-0.3, -0.25) is 4.79 Å². The Hall–Kier alpha value is -1.31. The lowest BCUT2D eigenvalue weighted by molar-refractivity contribution is 0.0929. The van der Waals surface area contributed by atoms with E-state index in [2.05, 4.69) is 37.9 Å². The molecule has 1 atom stereocenters. The first-order chi connectivity index (χ1) is 9.63. The minimum atomic E-state index is -0.0484. The average molecular weight is 293 g/mol. The Balaban J connectivity index is 2.74. The van der Waals surface area contributed by atoms with Crippen molar-refractivity contribution >= 4 is 17.2 Å². The first-order valence-corrected chi connectivity index (χ1v) is 8.00. The van der Waals surface area contributed by atoms with Gasteiger partial charge in [-0.05, 0) is 24.3 Å². The van der Waals surface area contributed by atoms with E-state index in [9.17, 15) is 4.79 Å². The zero-order valence-corrected chi connectivity index (χ0v) is 13.2. The molecule has 20 heavy (non-hydrogen) atoms. The van der Waals surface area contributed by atoms with Gasteiger partial charge in [0, 0.05) is 18.0 Å². The molecule has 0 aliphatic heterocycles. The molecule has 4 heteroatoms. The summed E-state index contributed by atoms with van der Waals surface area (Å²) in [4.78, 5) is 12.9. The first-order valence-electron chi connectivity index (χ1n) is 7.12. The number of amides is 1. The lowest BCUT2D eigenvalue weighted by atomic mass is 9.95. The van der Waals surface area contributed by atoms with Crippen LogP contribution >= 0.6 is 11.3 Å². The van der Waals surface area contributed by atoms with Crippen LogP contribution in [0.5, 0.6) is 0 Å². The van der Waals surface area contributed by atoms with Gasteiger partial charge < -0.3 is 10.4 Å². The van der Waals surface area contributed by atoms with Crippen molar-refractivity contribution in [3.05, 3.63) is 21.9 Å². The third-order valence-corrected chi connectivity index (χ3v) is 4.36. The SMILES string of the molecule is CCC(CC)C(C)NC(=O)c1sccc1C#CCCO. The summed E-state index contributed by atoms with van der Waals surface area (Å²) < 4.78 is 0. The molecule has 1 aromatic rings. The lowest BCUT2D eigenvalue weighted by Gasteiger charge is -2.22. The van der Waals surface area contributed by atoms with E-state index in [0.717, 1.165) is 18.4 Å². The van der Waals surface area contributed by atoms with E-state index >= 15 is 0 Å². The van der Waals surface area contributed by atoms with E-state index in [1.165, 1.54) is 11.3 Å². The van der Waals surface area contributed by atoms with E-state index < -0.39 is 0 Å². The van der Waals surface area contributed by atoms with Crippen LogP contribution in [0.4, 0.5) is 0 Å². The second kappa shape index (κ2) is 8.78. The maximum absolute atomic E-state index is 12.3. The van der Waals surface area contributed by atoms with Crippen LogP contribution in [0.25, 0.3) is 0 Å². The monoisotopic (exact) mass is 293 g/mol. The van der Waals surface area contributed by atoms with Crippen LogP contribution in [0.2, 0.25) is 0 Å². The van der Waals surface area contributed by atoms with Crippen LogP contribution in [0.1, 0.15) is 55.3 Å². The highest BCUT2D eigenvalue weighted by Gasteiger charge is 2.18. The normalized spacial score (nSPS) is 11.8. The molecule has 0 spiro atoms. The summed E-state index contributed by atoms with van der Waals surface area (Å²) in [5.41, 5.74) is 0.748. The molecule has 110 valence electrons. The van der Waals surface area contributed by atoms with Gasteiger partial charge in [0.25, 0.3) is 5.91 Å². The Labute approximate surface area is 125 Å². The summed E-state index contributed by atoms with van der Waals surface area (Å²) in [6, 6.07) is 2.02. The second-order valence-electron chi connectivity index (χ2n) is 4.78. The molecule has 0 aliphatic carbocycles. The fraction of sp³-hybridized carbons (Fsp3) is 0.562. The zero-order chi connectivity index (χ0) is 15.0. The maximum Gasteiger partial charge on any atom is 0.262 e. The predicted molar refractivity (Wildman–Crippen MR) is 83.9 cm³/mol. The lowest BCUT2D eigenvalue weighted by Crippen LogP contribution is -2.37. The molecule has 1 heterocycles. The zero-order valence-electron chi connectivity index (χ0n) is 12.4. The Morgan fingerprint density at radius 1 is 1.45 bits per heavy atom. The number of hydrogen-bond donors (Lipinski definition) is 2. The quantitative estimate of drug-likeness (QED) is 0.792. The number of aliphatic hydroxyl groups excluding tert-OH is 1. The van der Waals surface area contributed by atoms with Crippen molar-refractivity contribution in [1.29, 1.82) is 0 Å². The van der Waals surface area contributed by atoms with E-state index in [0.29, 0.717) is 17.2 Å². The third kappa shape index (κ3) is 4.66. The summed E-state index contributed by atoms with van der Waals surface area (Å²) in [5, 5.41) is 13.7. The van der Waals surface area contributed by atoms with Gasteiger partial charge in [0.2, 0.25) is 0 Å². The fourth-order valence-corrected chi connectivity index (χ4v) is 2.94. The molecular weight excluding hydrogens is 270 g/mol. The van der Waals surface area contributed by atoms with Gasteiger partial charge in [-0.15, -0.1) is 11.3 Å². The molecule has 3 nitrogen and oxygen atoms in total. The summed E-state index contributed by atoms with van der Waals surface area (Å²) in [7, 11) is 0. The van der Waals surface area contributed by atoms with E-state index in [1.54, 1.807) is 0 Å². The molecule has 0 aliphatic rings. The summed E-state index contributed by atoms with van der Waals surface area (Å²) in [5.74, 6) is 6.26. The van der Waals surface area contributed by atoms with Crippen LogP contribution in [-0.4, -0.2) is 23.7 Å². The molecule has 0 saturated carbocycles. The van der Waals surface area contributed by atoms with Crippen LogP contribution in [-0.2, 0) is 0 Å². The molecular formula is C16H23NO2S.